The summed E-state index contributed by atoms with van der Waals surface area (Å²) >= 11 is 3.53. The molecular weight excluding hydrogens is 404 g/mol. The summed E-state index contributed by atoms with van der Waals surface area (Å²) in [7, 11) is 0. The number of aromatic nitrogens is 3. The minimum Gasteiger partial charge on any atom is -0.357 e. The maximum absolute atomic E-state index is 4.91. The molecule has 0 aliphatic heterocycles. The number of rotatable bonds is 8. The molecule has 2 N–H and O–H groups in total. The zero-order chi connectivity index (χ0) is 19.1. The Bertz CT molecular complexity index is 748. The molecule has 0 bridgehead atoms. The van der Waals surface area contributed by atoms with Crippen LogP contribution in [0.25, 0.3) is 0 Å². The number of aliphatic imine (C=N–C) groups is 1. The summed E-state index contributed by atoms with van der Waals surface area (Å²) in [5, 5.41) is 14.9. The number of guanidine groups is 1. The molecule has 1 aromatic heterocycles. The molecule has 0 radical (unpaired) electrons. The highest BCUT2D eigenvalue weighted by Gasteiger charge is 2.38. The second kappa shape index (κ2) is 9.35. The first kappa shape index (κ1) is 19.9. The molecule has 1 heterocycles. The van der Waals surface area contributed by atoms with E-state index in [9.17, 15) is 0 Å². The van der Waals surface area contributed by atoms with Crippen molar-refractivity contribution in [3.05, 3.63) is 46.5 Å². The zero-order valence-electron chi connectivity index (χ0n) is 16.2. The topological polar surface area (TPSA) is 67.1 Å². The van der Waals surface area contributed by atoms with E-state index in [1.807, 2.05) is 0 Å². The number of nitrogens with zero attached hydrogens (tertiary/aromatic N) is 4. The van der Waals surface area contributed by atoms with Crippen LogP contribution in [0.1, 0.15) is 44.5 Å². The van der Waals surface area contributed by atoms with Crippen LogP contribution in [-0.2, 0) is 18.4 Å². The maximum atomic E-state index is 4.91. The summed E-state index contributed by atoms with van der Waals surface area (Å²) < 4.78 is 3.21. The van der Waals surface area contributed by atoms with Crippen molar-refractivity contribution < 1.29 is 0 Å². The molecule has 1 aliphatic rings. The van der Waals surface area contributed by atoms with Crippen LogP contribution in [0.3, 0.4) is 0 Å². The standard InChI is InChI=1S/C20H29BrN6/c1-3-18-26-25-15-27(18)13-12-23-19(22-4-2)24-14-20(10-5-11-20)16-6-8-17(21)9-7-16/h6-9,15H,3-5,10-14H2,1-2H3,(H2,22,23,24). The highest BCUT2D eigenvalue weighted by Crippen LogP contribution is 2.44. The van der Waals surface area contributed by atoms with Crippen molar-refractivity contribution in [2.24, 2.45) is 4.99 Å². The van der Waals surface area contributed by atoms with Crippen LogP contribution >= 0.6 is 15.9 Å². The predicted molar refractivity (Wildman–Crippen MR) is 113 cm³/mol. The molecule has 1 aromatic carbocycles. The van der Waals surface area contributed by atoms with Gasteiger partial charge in [0, 0.05) is 35.9 Å². The average molecular weight is 433 g/mol. The molecule has 1 aliphatic carbocycles. The van der Waals surface area contributed by atoms with Gasteiger partial charge in [-0.1, -0.05) is 41.4 Å². The zero-order valence-corrected chi connectivity index (χ0v) is 17.8. The van der Waals surface area contributed by atoms with E-state index in [4.69, 9.17) is 4.99 Å². The molecular formula is C20H29BrN6. The summed E-state index contributed by atoms with van der Waals surface area (Å²) in [6.07, 6.45) is 6.38. The van der Waals surface area contributed by atoms with Crippen LogP contribution in [0.5, 0.6) is 0 Å². The highest BCUT2D eigenvalue weighted by molar-refractivity contribution is 9.10. The number of hydrogen-bond acceptors (Lipinski definition) is 3. The molecule has 1 fully saturated rings. The fourth-order valence-corrected chi connectivity index (χ4v) is 3.82. The van der Waals surface area contributed by atoms with E-state index in [0.717, 1.165) is 48.9 Å². The monoisotopic (exact) mass is 432 g/mol. The Balaban J connectivity index is 1.61. The molecule has 3 rings (SSSR count). The van der Waals surface area contributed by atoms with Gasteiger partial charge in [0.05, 0.1) is 6.54 Å². The van der Waals surface area contributed by atoms with Crippen LogP contribution in [0.15, 0.2) is 40.1 Å². The summed E-state index contributed by atoms with van der Waals surface area (Å²) in [6, 6.07) is 8.73. The third kappa shape index (κ3) is 4.89. The van der Waals surface area contributed by atoms with Gasteiger partial charge in [-0.3, -0.25) is 4.99 Å². The Morgan fingerprint density at radius 3 is 2.63 bits per heavy atom. The molecule has 0 unspecified atom stereocenters. The fourth-order valence-electron chi connectivity index (χ4n) is 3.55. The van der Waals surface area contributed by atoms with Gasteiger partial charge in [-0.15, -0.1) is 10.2 Å². The normalized spacial score (nSPS) is 16.0. The number of benzene rings is 1. The number of halogens is 1. The first-order chi connectivity index (χ1) is 13.2. The van der Waals surface area contributed by atoms with Crippen LogP contribution < -0.4 is 10.6 Å². The summed E-state index contributed by atoms with van der Waals surface area (Å²) in [6.45, 7) is 7.49. The van der Waals surface area contributed by atoms with Gasteiger partial charge < -0.3 is 15.2 Å². The average Bonchev–Trinajstić information content (AvgIpc) is 3.09. The SMILES string of the molecule is CCNC(=NCC1(c2ccc(Br)cc2)CCC1)NCCn1cnnc1CC. The molecule has 6 nitrogen and oxygen atoms in total. The number of hydrogen-bond donors (Lipinski definition) is 2. The van der Waals surface area contributed by atoms with Gasteiger partial charge in [0.25, 0.3) is 0 Å². The van der Waals surface area contributed by atoms with Gasteiger partial charge in [-0.05, 0) is 37.5 Å². The maximum Gasteiger partial charge on any atom is 0.191 e. The van der Waals surface area contributed by atoms with E-state index < -0.39 is 0 Å². The van der Waals surface area contributed by atoms with E-state index >= 15 is 0 Å². The van der Waals surface area contributed by atoms with Gasteiger partial charge in [0.15, 0.2) is 5.96 Å². The molecule has 0 atom stereocenters. The number of aryl methyl sites for hydroxylation is 1. The molecule has 0 saturated heterocycles. The predicted octanol–water partition coefficient (Wildman–Crippen LogP) is 3.28. The second-order valence-electron chi connectivity index (χ2n) is 7.06. The van der Waals surface area contributed by atoms with Crippen molar-refractivity contribution in [1.29, 1.82) is 0 Å². The minimum atomic E-state index is 0.187. The first-order valence-corrected chi connectivity index (χ1v) is 10.6. The lowest BCUT2D eigenvalue weighted by molar-refractivity contribution is 0.253. The Hall–Kier alpha value is -1.89. The van der Waals surface area contributed by atoms with Crippen LogP contribution in [0.4, 0.5) is 0 Å². The van der Waals surface area contributed by atoms with Crippen LogP contribution in [0.2, 0.25) is 0 Å². The van der Waals surface area contributed by atoms with Crippen LogP contribution in [0, 0.1) is 0 Å². The second-order valence-corrected chi connectivity index (χ2v) is 7.97. The van der Waals surface area contributed by atoms with E-state index in [0.29, 0.717) is 0 Å². The van der Waals surface area contributed by atoms with Crippen molar-refractivity contribution in [2.45, 2.75) is 51.5 Å². The summed E-state index contributed by atoms with van der Waals surface area (Å²) in [5.74, 6) is 1.90. The Morgan fingerprint density at radius 1 is 1.22 bits per heavy atom. The van der Waals surface area contributed by atoms with Gasteiger partial charge >= 0.3 is 0 Å². The lowest BCUT2D eigenvalue weighted by atomic mass is 9.64. The smallest absolute Gasteiger partial charge is 0.191 e. The third-order valence-electron chi connectivity index (χ3n) is 5.31. The molecule has 7 heteroatoms. The summed E-state index contributed by atoms with van der Waals surface area (Å²) in [4.78, 5) is 4.91. The van der Waals surface area contributed by atoms with E-state index in [1.165, 1.54) is 24.8 Å². The molecule has 2 aromatic rings. The Labute approximate surface area is 170 Å². The molecule has 0 amide bonds. The van der Waals surface area contributed by atoms with Crippen molar-refractivity contribution in [3.63, 3.8) is 0 Å². The lowest BCUT2D eigenvalue weighted by Gasteiger charge is -2.41. The minimum absolute atomic E-state index is 0.187. The highest BCUT2D eigenvalue weighted by atomic mass is 79.9. The quantitative estimate of drug-likeness (QED) is 0.495. The van der Waals surface area contributed by atoms with Gasteiger partial charge in [-0.2, -0.15) is 0 Å². The first-order valence-electron chi connectivity index (χ1n) is 9.82. The number of nitrogens with one attached hydrogen (secondary N) is 2. The third-order valence-corrected chi connectivity index (χ3v) is 5.84. The summed E-state index contributed by atoms with van der Waals surface area (Å²) in [5.41, 5.74) is 1.58. The largest absolute Gasteiger partial charge is 0.357 e. The molecule has 0 spiro atoms. The molecule has 27 heavy (non-hydrogen) atoms. The van der Waals surface area contributed by atoms with E-state index in [-0.39, 0.29) is 5.41 Å². The molecule has 146 valence electrons. The van der Waals surface area contributed by atoms with Crippen molar-refractivity contribution >= 4 is 21.9 Å². The fraction of sp³-hybridized carbons (Fsp3) is 0.550. The van der Waals surface area contributed by atoms with E-state index in [2.05, 4.69) is 79.4 Å². The van der Waals surface area contributed by atoms with Gasteiger partial charge in [0.1, 0.15) is 12.2 Å². The van der Waals surface area contributed by atoms with Gasteiger partial charge in [-0.25, -0.2) is 0 Å². The van der Waals surface area contributed by atoms with Gasteiger partial charge in [0.2, 0.25) is 0 Å². The van der Waals surface area contributed by atoms with Crippen molar-refractivity contribution in [1.82, 2.24) is 25.4 Å². The van der Waals surface area contributed by atoms with Crippen molar-refractivity contribution in [3.8, 4) is 0 Å². The Kier molecular flexibility index (Phi) is 6.88. The Morgan fingerprint density at radius 2 is 2.00 bits per heavy atom. The van der Waals surface area contributed by atoms with E-state index in [1.54, 1.807) is 6.33 Å². The lowest BCUT2D eigenvalue weighted by Crippen LogP contribution is -2.42. The van der Waals surface area contributed by atoms with Crippen LogP contribution in [-0.4, -0.2) is 40.4 Å². The molecule has 1 saturated carbocycles. The van der Waals surface area contributed by atoms with Crippen molar-refractivity contribution in [2.75, 3.05) is 19.6 Å².